The molecule has 0 spiro atoms. The van der Waals surface area contributed by atoms with Crippen LogP contribution in [0.5, 0.6) is 0 Å². The molecule has 9 heteroatoms. The Hall–Kier alpha value is -3.88. The van der Waals surface area contributed by atoms with Crippen molar-refractivity contribution in [3.8, 4) is 11.1 Å². The number of carboxylic acid groups (broad SMARTS) is 1. The van der Waals surface area contributed by atoms with Crippen molar-refractivity contribution in [2.24, 2.45) is 5.92 Å². The van der Waals surface area contributed by atoms with Crippen molar-refractivity contribution >= 4 is 23.9 Å². The van der Waals surface area contributed by atoms with Crippen LogP contribution >= 0.6 is 0 Å². The lowest BCUT2D eigenvalue weighted by Gasteiger charge is -2.36. The van der Waals surface area contributed by atoms with Crippen molar-refractivity contribution < 1.29 is 29.0 Å². The molecule has 2 unspecified atom stereocenters. The number of hydrogen-bond donors (Lipinski definition) is 3. The first-order valence-electron chi connectivity index (χ1n) is 11.7. The van der Waals surface area contributed by atoms with Gasteiger partial charge in [0.25, 0.3) is 0 Å². The highest BCUT2D eigenvalue weighted by Crippen LogP contribution is 2.44. The molecule has 1 heterocycles. The summed E-state index contributed by atoms with van der Waals surface area (Å²) in [5, 5.41) is 14.2. The molecule has 3 N–H and O–H groups in total. The molecule has 1 aliphatic carbocycles. The fraction of sp³-hybridized carbons (Fsp3) is 0.385. The monoisotopic (exact) mass is 479 g/mol. The molecular formula is C26H29N3O6. The van der Waals surface area contributed by atoms with Crippen molar-refractivity contribution in [3.63, 3.8) is 0 Å². The normalized spacial score (nSPS) is 18.8. The number of carbonyl (C=O) groups is 4. The van der Waals surface area contributed by atoms with Gasteiger partial charge in [-0.1, -0.05) is 55.5 Å². The Morgan fingerprint density at radius 2 is 1.57 bits per heavy atom. The number of amides is 3. The number of aliphatic carboxylic acids is 1. The summed E-state index contributed by atoms with van der Waals surface area (Å²) in [6.45, 7) is 1.73. The zero-order chi connectivity index (χ0) is 24.9. The fourth-order valence-electron chi connectivity index (χ4n) is 4.83. The van der Waals surface area contributed by atoms with Crippen LogP contribution in [0, 0.1) is 5.92 Å². The van der Waals surface area contributed by atoms with E-state index in [2.05, 4.69) is 10.6 Å². The summed E-state index contributed by atoms with van der Waals surface area (Å²) < 4.78 is 5.39. The number of likely N-dealkylation sites (tertiary alicyclic amines) is 1. The summed E-state index contributed by atoms with van der Waals surface area (Å²) in [7, 11) is 0. The average Bonchev–Trinajstić information content (AvgIpc) is 3.18. The number of ether oxygens (including phenoxy) is 1. The molecule has 4 rings (SSSR count). The van der Waals surface area contributed by atoms with Crippen LogP contribution in [0.1, 0.15) is 36.8 Å². The minimum absolute atomic E-state index is 0.0892. The van der Waals surface area contributed by atoms with Gasteiger partial charge in [-0.25, -0.2) is 9.59 Å². The van der Waals surface area contributed by atoms with Gasteiger partial charge in [0.05, 0.1) is 6.54 Å². The highest BCUT2D eigenvalue weighted by molar-refractivity contribution is 5.89. The second-order valence-corrected chi connectivity index (χ2v) is 9.04. The predicted molar refractivity (Wildman–Crippen MR) is 128 cm³/mol. The van der Waals surface area contributed by atoms with Gasteiger partial charge < -0.3 is 25.4 Å². The second-order valence-electron chi connectivity index (χ2n) is 9.04. The number of fused-ring (bicyclic) bond motifs is 3. The Bertz CT molecular complexity index is 1090. The maximum Gasteiger partial charge on any atom is 0.407 e. The molecule has 0 aromatic heterocycles. The highest BCUT2D eigenvalue weighted by atomic mass is 16.5. The molecule has 2 atom stereocenters. The number of alkyl carbamates (subject to hydrolysis) is 1. The topological polar surface area (TPSA) is 125 Å². The van der Waals surface area contributed by atoms with Crippen LogP contribution in [0.3, 0.4) is 0 Å². The summed E-state index contributed by atoms with van der Waals surface area (Å²) in [4.78, 5) is 49.6. The lowest BCUT2D eigenvalue weighted by atomic mass is 9.94. The Morgan fingerprint density at radius 1 is 0.943 bits per heavy atom. The molecule has 2 aromatic rings. The SMILES string of the molecule is CC1CCC(C(=O)O)N(C(=O)CNC(=O)CNC(=O)OCC2c3ccccc3-c3ccccc32)C1. The van der Waals surface area contributed by atoms with E-state index in [-0.39, 0.29) is 31.5 Å². The molecule has 0 bridgehead atoms. The summed E-state index contributed by atoms with van der Waals surface area (Å²) in [5.41, 5.74) is 4.41. The van der Waals surface area contributed by atoms with Gasteiger partial charge in [0.1, 0.15) is 19.2 Å². The van der Waals surface area contributed by atoms with Gasteiger partial charge in [-0.05, 0) is 41.0 Å². The molecular weight excluding hydrogens is 450 g/mol. The number of piperidine rings is 1. The fourth-order valence-corrected chi connectivity index (χ4v) is 4.83. The molecule has 1 aliphatic heterocycles. The number of nitrogens with zero attached hydrogens (tertiary/aromatic N) is 1. The van der Waals surface area contributed by atoms with Crippen LogP contribution in [0.25, 0.3) is 11.1 Å². The Labute approximate surface area is 203 Å². The Morgan fingerprint density at radius 3 is 2.20 bits per heavy atom. The minimum Gasteiger partial charge on any atom is -0.480 e. The largest absolute Gasteiger partial charge is 0.480 e. The number of carbonyl (C=O) groups excluding carboxylic acids is 3. The molecule has 35 heavy (non-hydrogen) atoms. The van der Waals surface area contributed by atoms with Gasteiger partial charge >= 0.3 is 12.1 Å². The average molecular weight is 480 g/mol. The van der Waals surface area contributed by atoms with Crippen molar-refractivity contribution in [2.75, 3.05) is 26.2 Å². The van der Waals surface area contributed by atoms with Crippen LogP contribution < -0.4 is 10.6 Å². The number of hydrogen-bond acceptors (Lipinski definition) is 5. The number of benzene rings is 2. The van der Waals surface area contributed by atoms with Gasteiger partial charge in [0, 0.05) is 12.5 Å². The first-order chi connectivity index (χ1) is 16.8. The van der Waals surface area contributed by atoms with Gasteiger partial charge in [0.2, 0.25) is 11.8 Å². The zero-order valence-electron chi connectivity index (χ0n) is 19.5. The molecule has 9 nitrogen and oxygen atoms in total. The molecule has 3 amide bonds. The zero-order valence-corrected chi connectivity index (χ0v) is 19.5. The van der Waals surface area contributed by atoms with E-state index in [0.29, 0.717) is 13.0 Å². The smallest absolute Gasteiger partial charge is 0.407 e. The molecule has 0 radical (unpaired) electrons. The van der Waals surface area contributed by atoms with E-state index in [1.807, 2.05) is 55.5 Å². The van der Waals surface area contributed by atoms with Gasteiger partial charge in [-0.15, -0.1) is 0 Å². The lowest BCUT2D eigenvalue weighted by Crippen LogP contribution is -2.53. The maximum atomic E-state index is 12.5. The Kier molecular flexibility index (Phi) is 7.33. The van der Waals surface area contributed by atoms with E-state index < -0.39 is 29.9 Å². The van der Waals surface area contributed by atoms with Crippen LogP contribution in [-0.4, -0.2) is 66.2 Å². The molecule has 0 saturated carbocycles. The van der Waals surface area contributed by atoms with Crippen LogP contribution in [0.4, 0.5) is 4.79 Å². The predicted octanol–water partition coefficient (Wildman–Crippen LogP) is 2.35. The van der Waals surface area contributed by atoms with Crippen LogP contribution in [0.2, 0.25) is 0 Å². The lowest BCUT2D eigenvalue weighted by molar-refractivity contribution is -0.152. The Balaban J connectivity index is 1.23. The van der Waals surface area contributed by atoms with E-state index in [0.717, 1.165) is 28.7 Å². The van der Waals surface area contributed by atoms with E-state index in [1.165, 1.54) is 4.90 Å². The van der Waals surface area contributed by atoms with E-state index >= 15 is 0 Å². The second kappa shape index (κ2) is 10.6. The summed E-state index contributed by atoms with van der Waals surface area (Å²) in [5.74, 6) is -1.97. The van der Waals surface area contributed by atoms with E-state index in [9.17, 15) is 24.3 Å². The summed E-state index contributed by atoms with van der Waals surface area (Å²) in [6.07, 6.45) is 0.389. The van der Waals surface area contributed by atoms with E-state index in [4.69, 9.17) is 4.74 Å². The van der Waals surface area contributed by atoms with E-state index in [1.54, 1.807) is 0 Å². The molecule has 1 fully saturated rings. The molecule has 2 aromatic carbocycles. The van der Waals surface area contributed by atoms with Crippen LogP contribution in [0.15, 0.2) is 48.5 Å². The van der Waals surface area contributed by atoms with Gasteiger partial charge in [0.15, 0.2) is 0 Å². The maximum absolute atomic E-state index is 12.5. The summed E-state index contributed by atoms with van der Waals surface area (Å²) in [6, 6.07) is 15.1. The van der Waals surface area contributed by atoms with Crippen molar-refractivity contribution in [1.29, 1.82) is 0 Å². The van der Waals surface area contributed by atoms with Crippen molar-refractivity contribution in [2.45, 2.75) is 31.7 Å². The first kappa shape index (κ1) is 24.3. The third kappa shape index (κ3) is 5.45. The molecule has 1 saturated heterocycles. The molecule has 2 aliphatic rings. The van der Waals surface area contributed by atoms with Crippen LogP contribution in [-0.2, 0) is 19.1 Å². The first-order valence-corrected chi connectivity index (χ1v) is 11.7. The number of nitrogens with one attached hydrogen (secondary N) is 2. The quantitative estimate of drug-likeness (QED) is 0.560. The minimum atomic E-state index is -1.05. The third-order valence-electron chi connectivity index (χ3n) is 6.60. The number of carboxylic acids is 1. The third-order valence-corrected chi connectivity index (χ3v) is 6.60. The van der Waals surface area contributed by atoms with Gasteiger partial charge in [-0.2, -0.15) is 0 Å². The van der Waals surface area contributed by atoms with Crippen molar-refractivity contribution in [3.05, 3.63) is 59.7 Å². The van der Waals surface area contributed by atoms with Gasteiger partial charge in [-0.3, -0.25) is 9.59 Å². The summed E-state index contributed by atoms with van der Waals surface area (Å²) >= 11 is 0. The molecule has 184 valence electrons. The number of rotatable bonds is 7. The highest BCUT2D eigenvalue weighted by Gasteiger charge is 2.34. The van der Waals surface area contributed by atoms with Crippen molar-refractivity contribution in [1.82, 2.24) is 15.5 Å². The standard InChI is InChI=1S/C26H29N3O6/c1-16-10-11-22(25(32)33)29(14-16)24(31)13-27-23(30)12-28-26(34)35-15-21-19-8-4-2-6-17(19)18-7-3-5-9-20(18)21/h2-9,16,21-22H,10-15H2,1H3,(H,27,30)(H,28,34)(H,32,33).